The van der Waals surface area contributed by atoms with Crippen molar-refractivity contribution in [3.63, 3.8) is 0 Å². The summed E-state index contributed by atoms with van der Waals surface area (Å²) in [5, 5.41) is 12.9. The van der Waals surface area contributed by atoms with Crippen LogP contribution in [0.1, 0.15) is 52.7 Å². The minimum atomic E-state index is -3.88. The van der Waals surface area contributed by atoms with Gasteiger partial charge in [-0.2, -0.15) is 0 Å². The van der Waals surface area contributed by atoms with Crippen LogP contribution < -0.4 is 4.72 Å². The Hall–Kier alpha value is -2.19. The van der Waals surface area contributed by atoms with Crippen molar-refractivity contribution < 1.29 is 22.8 Å². The molecule has 0 unspecified atom stereocenters. The monoisotopic (exact) mass is 352 g/mol. The predicted octanol–water partition coefficient (Wildman–Crippen LogP) is 2.59. The molecule has 0 amide bonds. The molecule has 0 bridgehead atoms. The Bertz CT molecular complexity index is 849. The van der Waals surface area contributed by atoms with Crippen molar-refractivity contribution in [3.05, 3.63) is 46.3 Å². The lowest BCUT2D eigenvalue weighted by molar-refractivity contribution is 0.0696. The number of aromatic nitrogens is 1. The van der Waals surface area contributed by atoms with Crippen LogP contribution >= 0.6 is 0 Å². The standard InChI is InChI=1S/C16H20N2O5S/c1-9(2)13-6-5-12(16(19)20)7-15(13)24(21,22)17-8-14-10(3)18-23-11(14)4/h5-7,9,17H,8H2,1-4H3,(H,19,20). The van der Waals surface area contributed by atoms with Crippen LogP contribution in [-0.4, -0.2) is 24.7 Å². The maximum absolute atomic E-state index is 12.7. The summed E-state index contributed by atoms with van der Waals surface area (Å²) in [6.45, 7) is 7.16. The van der Waals surface area contributed by atoms with E-state index < -0.39 is 16.0 Å². The Kier molecular flexibility index (Phi) is 5.10. The fourth-order valence-corrected chi connectivity index (χ4v) is 3.76. The van der Waals surface area contributed by atoms with Gasteiger partial charge in [0.2, 0.25) is 10.0 Å². The number of carboxylic acids is 1. The number of carboxylic acid groups (broad SMARTS) is 1. The van der Waals surface area contributed by atoms with Gasteiger partial charge in [-0.25, -0.2) is 17.9 Å². The summed E-state index contributed by atoms with van der Waals surface area (Å²) in [5.41, 5.74) is 1.76. The zero-order valence-corrected chi connectivity index (χ0v) is 14.8. The van der Waals surface area contributed by atoms with Gasteiger partial charge in [0.25, 0.3) is 0 Å². The second-order valence-corrected chi connectivity index (χ2v) is 7.58. The molecular formula is C16H20N2O5S. The van der Waals surface area contributed by atoms with Gasteiger partial charge >= 0.3 is 5.97 Å². The van der Waals surface area contributed by atoms with Gasteiger partial charge in [0.15, 0.2) is 0 Å². The lowest BCUT2D eigenvalue weighted by Gasteiger charge is -2.15. The van der Waals surface area contributed by atoms with Crippen molar-refractivity contribution in [2.45, 2.75) is 45.1 Å². The topological polar surface area (TPSA) is 110 Å². The number of hydrogen-bond donors (Lipinski definition) is 2. The predicted molar refractivity (Wildman–Crippen MR) is 87.5 cm³/mol. The maximum atomic E-state index is 12.7. The van der Waals surface area contributed by atoms with Crippen LogP contribution in [0, 0.1) is 13.8 Å². The van der Waals surface area contributed by atoms with Crippen LogP contribution in [0.5, 0.6) is 0 Å². The molecule has 24 heavy (non-hydrogen) atoms. The van der Waals surface area contributed by atoms with Gasteiger partial charge in [-0.15, -0.1) is 0 Å². The summed E-state index contributed by atoms with van der Waals surface area (Å²) in [7, 11) is -3.88. The molecule has 1 aromatic carbocycles. The van der Waals surface area contributed by atoms with E-state index in [1.54, 1.807) is 19.9 Å². The minimum absolute atomic E-state index is 0.0239. The lowest BCUT2D eigenvalue weighted by Crippen LogP contribution is -2.25. The van der Waals surface area contributed by atoms with E-state index in [1.165, 1.54) is 12.1 Å². The highest BCUT2D eigenvalue weighted by Gasteiger charge is 2.23. The van der Waals surface area contributed by atoms with E-state index in [1.807, 2.05) is 13.8 Å². The van der Waals surface area contributed by atoms with Crippen molar-refractivity contribution in [2.75, 3.05) is 0 Å². The number of benzene rings is 1. The summed E-state index contributed by atoms with van der Waals surface area (Å²) in [4.78, 5) is 11.1. The summed E-state index contributed by atoms with van der Waals surface area (Å²) in [5.74, 6) is -0.704. The van der Waals surface area contributed by atoms with Gasteiger partial charge in [-0.3, -0.25) is 0 Å². The Morgan fingerprint density at radius 3 is 2.50 bits per heavy atom. The number of nitrogens with zero attached hydrogens (tertiary/aromatic N) is 1. The van der Waals surface area contributed by atoms with E-state index in [-0.39, 0.29) is 22.9 Å². The molecule has 0 spiro atoms. The van der Waals surface area contributed by atoms with Crippen LogP contribution in [0.4, 0.5) is 0 Å². The van der Waals surface area contributed by atoms with Crippen molar-refractivity contribution in [3.8, 4) is 0 Å². The third kappa shape index (κ3) is 3.65. The third-order valence-corrected chi connectivity index (χ3v) is 5.25. The molecule has 1 aromatic heterocycles. The molecule has 0 saturated carbocycles. The molecule has 2 aromatic rings. The van der Waals surface area contributed by atoms with E-state index in [4.69, 9.17) is 9.63 Å². The Balaban J connectivity index is 2.40. The number of sulfonamides is 1. The molecule has 0 fully saturated rings. The first kappa shape index (κ1) is 18.2. The van der Waals surface area contributed by atoms with E-state index >= 15 is 0 Å². The quantitative estimate of drug-likeness (QED) is 0.827. The molecule has 0 aliphatic heterocycles. The third-order valence-electron chi connectivity index (χ3n) is 3.79. The van der Waals surface area contributed by atoms with Gasteiger partial charge in [-0.05, 0) is 37.5 Å². The molecular weight excluding hydrogens is 332 g/mol. The van der Waals surface area contributed by atoms with Crippen molar-refractivity contribution >= 4 is 16.0 Å². The van der Waals surface area contributed by atoms with Crippen LogP contribution in [0.3, 0.4) is 0 Å². The van der Waals surface area contributed by atoms with E-state index in [0.29, 0.717) is 22.6 Å². The van der Waals surface area contributed by atoms with Gasteiger partial charge in [0.05, 0.1) is 16.2 Å². The van der Waals surface area contributed by atoms with E-state index in [0.717, 1.165) is 0 Å². The Morgan fingerprint density at radius 1 is 1.33 bits per heavy atom. The number of aryl methyl sites for hydroxylation is 2. The molecule has 0 radical (unpaired) electrons. The van der Waals surface area contributed by atoms with Gasteiger partial charge in [0, 0.05) is 12.1 Å². The van der Waals surface area contributed by atoms with Crippen LogP contribution in [0.25, 0.3) is 0 Å². The lowest BCUT2D eigenvalue weighted by atomic mass is 10.0. The number of rotatable bonds is 6. The number of carbonyl (C=O) groups is 1. The molecule has 130 valence electrons. The number of hydrogen-bond acceptors (Lipinski definition) is 5. The van der Waals surface area contributed by atoms with Crippen molar-refractivity contribution in [1.29, 1.82) is 0 Å². The fourth-order valence-electron chi connectivity index (χ4n) is 2.38. The Labute approximate surface area is 140 Å². The summed E-state index contributed by atoms with van der Waals surface area (Å²) < 4.78 is 32.9. The molecule has 2 N–H and O–H groups in total. The van der Waals surface area contributed by atoms with Crippen LogP contribution in [0.15, 0.2) is 27.6 Å². The van der Waals surface area contributed by atoms with Gasteiger partial charge in [0.1, 0.15) is 5.76 Å². The van der Waals surface area contributed by atoms with Crippen molar-refractivity contribution in [2.24, 2.45) is 0 Å². The number of nitrogens with one attached hydrogen (secondary N) is 1. The highest BCUT2D eigenvalue weighted by atomic mass is 32.2. The first-order valence-electron chi connectivity index (χ1n) is 7.42. The van der Waals surface area contributed by atoms with Gasteiger partial charge < -0.3 is 9.63 Å². The molecule has 0 saturated heterocycles. The normalized spacial score (nSPS) is 11.9. The van der Waals surface area contributed by atoms with E-state index in [9.17, 15) is 13.2 Å². The van der Waals surface area contributed by atoms with Crippen LogP contribution in [0.2, 0.25) is 0 Å². The molecule has 0 atom stereocenters. The largest absolute Gasteiger partial charge is 0.478 e. The average molecular weight is 352 g/mol. The zero-order valence-electron chi connectivity index (χ0n) is 14.0. The van der Waals surface area contributed by atoms with Crippen LogP contribution in [-0.2, 0) is 16.6 Å². The van der Waals surface area contributed by atoms with Crippen molar-refractivity contribution in [1.82, 2.24) is 9.88 Å². The second-order valence-electron chi connectivity index (χ2n) is 5.84. The molecule has 0 aliphatic rings. The van der Waals surface area contributed by atoms with Gasteiger partial charge in [-0.1, -0.05) is 25.1 Å². The minimum Gasteiger partial charge on any atom is -0.478 e. The molecule has 7 nitrogen and oxygen atoms in total. The number of aromatic carboxylic acids is 1. The van der Waals surface area contributed by atoms with E-state index in [2.05, 4.69) is 9.88 Å². The average Bonchev–Trinajstić information content (AvgIpc) is 2.83. The smallest absolute Gasteiger partial charge is 0.335 e. The highest BCUT2D eigenvalue weighted by Crippen LogP contribution is 2.25. The Morgan fingerprint density at radius 2 is 2.00 bits per heavy atom. The summed E-state index contributed by atoms with van der Waals surface area (Å²) in [6.07, 6.45) is 0. The summed E-state index contributed by atoms with van der Waals surface area (Å²) in [6, 6.07) is 4.14. The summed E-state index contributed by atoms with van der Waals surface area (Å²) >= 11 is 0. The SMILES string of the molecule is Cc1noc(C)c1CNS(=O)(=O)c1cc(C(=O)O)ccc1C(C)C. The molecule has 0 aliphatic carbocycles. The second kappa shape index (κ2) is 6.74. The maximum Gasteiger partial charge on any atom is 0.335 e. The fraction of sp³-hybridized carbons (Fsp3) is 0.375. The zero-order chi connectivity index (χ0) is 18.1. The molecule has 2 rings (SSSR count). The molecule has 8 heteroatoms. The highest BCUT2D eigenvalue weighted by molar-refractivity contribution is 7.89. The first-order valence-corrected chi connectivity index (χ1v) is 8.90. The molecule has 1 heterocycles. The first-order chi connectivity index (χ1) is 11.1.